The molecule has 0 fully saturated rings. The van der Waals surface area contributed by atoms with Crippen LogP contribution in [0.15, 0.2) is 90.2 Å². The summed E-state index contributed by atoms with van der Waals surface area (Å²) in [7, 11) is 0. The van der Waals surface area contributed by atoms with Crippen LogP contribution in [-0.4, -0.2) is 14.3 Å². The number of hydrogen-bond donors (Lipinski definition) is 1. The van der Waals surface area contributed by atoms with E-state index < -0.39 is 11.7 Å². The van der Waals surface area contributed by atoms with E-state index in [1.807, 2.05) is 19.1 Å². The van der Waals surface area contributed by atoms with Gasteiger partial charge in [-0.3, -0.25) is 4.98 Å². The van der Waals surface area contributed by atoms with Crippen LogP contribution in [0.25, 0.3) is 22.3 Å². The fourth-order valence-corrected chi connectivity index (χ4v) is 4.93. The fourth-order valence-electron chi connectivity index (χ4n) is 3.80. The van der Waals surface area contributed by atoms with Gasteiger partial charge in [-0.15, -0.1) is 0 Å². The van der Waals surface area contributed by atoms with Crippen molar-refractivity contribution in [3.05, 3.63) is 102 Å². The van der Waals surface area contributed by atoms with E-state index in [2.05, 4.69) is 25.1 Å². The third-order valence-electron chi connectivity index (χ3n) is 5.62. The quantitative estimate of drug-likeness (QED) is 0.200. The Morgan fingerprint density at radius 3 is 2.49 bits per heavy atom. The molecule has 0 aliphatic rings. The zero-order chi connectivity index (χ0) is 27.4. The zero-order valence-electron chi connectivity index (χ0n) is 20.2. The van der Waals surface area contributed by atoms with Crippen LogP contribution in [0.5, 0.6) is 11.5 Å². The molecule has 0 spiro atoms. The molecule has 0 amide bonds. The highest BCUT2D eigenvalue weighted by Crippen LogP contribution is 2.39. The van der Waals surface area contributed by atoms with E-state index in [4.69, 9.17) is 4.74 Å². The minimum absolute atomic E-state index is 0.317. The molecule has 2 heterocycles. The molecule has 1 N–H and O–H groups in total. The molecule has 0 unspecified atom stereocenters. The molecular weight excluding hydrogens is 543 g/mol. The Labute approximate surface area is 230 Å². The summed E-state index contributed by atoms with van der Waals surface area (Å²) in [5.74, 6) is 0.789. The third kappa shape index (κ3) is 6.19. The Morgan fingerprint density at radius 1 is 0.923 bits per heavy atom. The molecule has 0 radical (unpaired) electrons. The van der Waals surface area contributed by atoms with Crippen LogP contribution in [-0.2, 0) is 6.18 Å². The van der Waals surface area contributed by atoms with Crippen molar-refractivity contribution in [1.82, 2.24) is 14.3 Å². The molecule has 194 valence electrons. The van der Waals surface area contributed by atoms with Crippen molar-refractivity contribution in [2.24, 2.45) is 0 Å². The molecule has 0 saturated heterocycles. The number of anilines is 1. The lowest BCUT2D eigenvalue weighted by molar-refractivity contribution is -0.137. The van der Waals surface area contributed by atoms with E-state index in [9.17, 15) is 18.4 Å². The Kier molecular flexibility index (Phi) is 7.49. The molecule has 2 aromatic heterocycles. The molecule has 3 aromatic carbocycles. The molecule has 0 aliphatic carbocycles. The maximum Gasteiger partial charge on any atom is 0.416 e. The van der Waals surface area contributed by atoms with Gasteiger partial charge in [0.25, 0.3) is 0 Å². The van der Waals surface area contributed by atoms with Gasteiger partial charge in [0.15, 0.2) is 0 Å². The van der Waals surface area contributed by atoms with Gasteiger partial charge < -0.3 is 9.46 Å². The SMILES string of the molecule is Cc1cc(-c2cc(-c3cccc(C(F)(F)F)c3)ccc2Oc2ccc(SNc3ncns3)cc2C#N)ccn1. The summed E-state index contributed by atoms with van der Waals surface area (Å²) in [6.45, 7) is 1.85. The van der Waals surface area contributed by atoms with Gasteiger partial charge in [0.1, 0.15) is 23.9 Å². The molecule has 0 aliphatic heterocycles. The Hall–Kier alpha value is -4.40. The average Bonchev–Trinajstić information content (AvgIpc) is 3.46. The van der Waals surface area contributed by atoms with Crippen molar-refractivity contribution in [2.75, 3.05) is 4.72 Å². The first kappa shape index (κ1) is 26.2. The minimum atomic E-state index is -4.45. The highest BCUT2D eigenvalue weighted by molar-refractivity contribution is 8.00. The predicted molar refractivity (Wildman–Crippen MR) is 145 cm³/mol. The smallest absolute Gasteiger partial charge is 0.416 e. The van der Waals surface area contributed by atoms with Gasteiger partial charge in [-0.2, -0.15) is 22.8 Å². The Bertz CT molecular complexity index is 1670. The van der Waals surface area contributed by atoms with Crippen LogP contribution in [0.1, 0.15) is 16.8 Å². The number of aryl methyl sites for hydroxylation is 1. The van der Waals surface area contributed by atoms with Crippen LogP contribution in [0, 0.1) is 18.3 Å². The number of aromatic nitrogens is 3. The second-order valence-electron chi connectivity index (χ2n) is 8.30. The Balaban J connectivity index is 1.51. The third-order valence-corrected chi connectivity index (χ3v) is 7.11. The van der Waals surface area contributed by atoms with Crippen LogP contribution in [0.4, 0.5) is 18.3 Å². The number of ether oxygens (including phenoxy) is 1. The summed E-state index contributed by atoms with van der Waals surface area (Å²) < 4.78 is 53.2. The highest BCUT2D eigenvalue weighted by atomic mass is 32.2. The molecule has 6 nitrogen and oxygen atoms in total. The number of rotatable bonds is 7. The van der Waals surface area contributed by atoms with Gasteiger partial charge in [0.2, 0.25) is 5.13 Å². The largest absolute Gasteiger partial charge is 0.455 e. The van der Waals surface area contributed by atoms with Crippen molar-refractivity contribution in [3.8, 4) is 39.8 Å². The van der Waals surface area contributed by atoms with E-state index in [-0.39, 0.29) is 0 Å². The first-order valence-corrected chi connectivity index (χ1v) is 13.1. The summed E-state index contributed by atoms with van der Waals surface area (Å²) in [4.78, 5) is 9.09. The predicted octanol–water partition coefficient (Wildman–Crippen LogP) is 8.38. The first-order valence-electron chi connectivity index (χ1n) is 11.5. The van der Waals surface area contributed by atoms with Gasteiger partial charge in [0.05, 0.1) is 11.1 Å². The van der Waals surface area contributed by atoms with Crippen LogP contribution in [0.3, 0.4) is 0 Å². The number of hydrogen-bond acceptors (Lipinski definition) is 8. The second kappa shape index (κ2) is 11.1. The number of nitrogens with zero attached hydrogens (tertiary/aromatic N) is 4. The van der Waals surface area contributed by atoms with Gasteiger partial charge in [0, 0.05) is 33.9 Å². The van der Waals surface area contributed by atoms with E-state index in [1.54, 1.807) is 48.7 Å². The van der Waals surface area contributed by atoms with Crippen molar-refractivity contribution in [2.45, 2.75) is 18.0 Å². The number of nitrogens with one attached hydrogen (secondary N) is 1. The number of halogens is 3. The molecule has 39 heavy (non-hydrogen) atoms. The van der Waals surface area contributed by atoms with E-state index in [1.165, 1.54) is 35.9 Å². The maximum atomic E-state index is 13.3. The maximum absolute atomic E-state index is 13.3. The lowest BCUT2D eigenvalue weighted by Gasteiger charge is -2.16. The lowest BCUT2D eigenvalue weighted by Crippen LogP contribution is -2.04. The molecule has 11 heteroatoms. The van der Waals surface area contributed by atoms with Gasteiger partial charge >= 0.3 is 6.18 Å². The number of pyridine rings is 1. The number of benzene rings is 3. The van der Waals surface area contributed by atoms with Crippen molar-refractivity contribution < 1.29 is 17.9 Å². The van der Waals surface area contributed by atoms with Crippen molar-refractivity contribution in [1.29, 1.82) is 5.26 Å². The van der Waals surface area contributed by atoms with Crippen LogP contribution >= 0.6 is 23.5 Å². The van der Waals surface area contributed by atoms with Gasteiger partial charge in [-0.05, 0) is 90.2 Å². The first-order chi connectivity index (χ1) is 18.8. The van der Waals surface area contributed by atoms with Crippen molar-refractivity contribution >= 4 is 28.6 Å². The Morgan fingerprint density at radius 2 is 1.74 bits per heavy atom. The summed E-state index contributed by atoms with van der Waals surface area (Å²) in [5.41, 5.74) is 2.80. The summed E-state index contributed by atoms with van der Waals surface area (Å²) >= 11 is 2.51. The highest BCUT2D eigenvalue weighted by Gasteiger charge is 2.30. The summed E-state index contributed by atoms with van der Waals surface area (Å²) in [6, 6.07) is 21.4. The second-order valence-corrected chi connectivity index (χ2v) is 9.96. The van der Waals surface area contributed by atoms with Crippen LogP contribution in [0.2, 0.25) is 0 Å². The van der Waals surface area contributed by atoms with E-state index in [0.29, 0.717) is 38.9 Å². The zero-order valence-corrected chi connectivity index (χ0v) is 21.9. The summed E-state index contributed by atoms with van der Waals surface area (Å²) in [5, 5.41) is 10.4. The molecule has 5 aromatic rings. The van der Waals surface area contributed by atoms with Gasteiger partial charge in [-0.1, -0.05) is 18.2 Å². The normalized spacial score (nSPS) is 11.2. The van der Waals surface area contributed by atoms with E-state index >= 15 is 0 Å². The lowest BCUT2D eigenvalue weighted by atomic mass is 9.97. The number of nitriles is 1. The molecule has 5 rings (SSSR count). The fraction of sp³-hybridized carbons (Fsp3) is 0.0714. The minimum Gasteiger partial charge on any atom is -0.455 e. The van der Waals surface area contributed by atoms with E-state index in [0.717, 1.165) is 28.3 Å². The molecule has 0 atom stereocenters. The van der Waals surface area contributed by atoms with Crippen LogP contribution < -0.4 is 9.46 Å². The van der Waals surface area contributed by atoms with Crippen molar-refractivity contribution in [3.63, 3.8) is 0 Å². The standard InChI is InChI=1S/C28H18F3N5OS2/c1-17-11-20(9-10-33-17)24-14-19(18-3-2-4-22(12-18)28(29,30)31)5-7-26(24)37-25-8-6-23(13-21(25)15-32)38-36-27-34-16-35-39-27/h2-14,16H,1H3,(H,34,35,36). The monoisotopic (exact) mass is 561 g/mol. The molecular formula is C28H18F3N5OS2. The average molecular weight is 562 g/mol. The summed E-state index contributed by atoms with van der Waals surface area (Å²) in [6.07, 6.45) is -1.34. The molecule has 0 bridgehead atoms. The molecule has 0 saturated carbocycles. The van der Waals surface area contributed by atoms with Gasteiger partial charge in [-0.25, -0.2) is 4.98 Å². The number of alkyl halides is 3. The topological polar surface area (TPSA) is 83.7 Å².